The summed E-state index contributed by atoms with van der Waals surface area (Å²) in [5.41, 5.74) is -0.318. The van der Waals surface area contributed by atoms with E-state index in [1.807, 2.05) is 27.0 Å². The second-order valence-electron chi connectivity index (χ2n) is 4.76. The molecule has 0 aromatic rings. The highest BCUT2D eigenvalue weighted by Crippen LogP contribution is 2.14. The third kappa shape index (κ3) is 9.00. The Labute approximate surface area is 103 Å². The highest BCUT2D eigenvalue weighted by molar-refractivity contribution is 7.93. The maximum atomic E-state index is 9.60. The number of nitrogens with zero attached hydrogens (tertiary/aromatic N) is 1. The number of likely N-dealkylation sites (N-methyl/N-ethyl adjacent to an activating group) is 1. The molecule has 1 rings (SSSR count). The lowest BCUT2D eigenvalue weighted by atomic mass is 10.2. The van der Waals surface area contributed by atoms with Crippen LogP contribution in [0.4, 0.5) is 0 Å². The maximum absolute atomic E-state index is 9.60. The topological polar surface area (TPSA) is 38.8 Å². The minimum Gasteiger partial charge on any atom is -0.462 e. The van der Waals surface area contributed by atoms with Crippen molar-refractivity contribution in [2.75, 3.05) is 26.4 Å². The van der Waals surface area contributed by atoms with E-state index in [1.165, 1.54) is 25.0 Å². The largest absolute Gasteiger partial charge is 0.462 e. The first-order chi connectivity index (χ1) is 7.39. The Balaban J connectivity index is 0.000000293. The van der Waals surface area contributed by atoms with Gasteiger partial charge in [0.15, 0.2) is 0 Å². The van der Waals surface area contributed by atoms with Gasteiger partial charge in [-0.05, 0) is 46.3 Å². The zero-order chi connectivity index (χ0) is 12.6. The first kappa shape index (κ1) is 15.7. The van der Waals surface area contributed by atoms with Crippen LogP contribution >= 0.6 is 12.0 Å². The van der Waals surface area contributed by atoms with E-state index < -0.39 is 0 Å². The van der Waals surface area contributed by atoms with Crippen LogP contribution in [0.3, 0.4) is 0 Å². The zero-order valence-electron chi connectivity index (χ0n) is 10.9. The number of carbonyl (C=O) groups excluding carboxylic acids is 1. The number of likely N-dealkylation sites (tertiary alicyclic amines) is 1. The monoisotopic (exact) mass is 249 g/mol. The summed E-state index contributed by atoms with van der Waals surface area (Å²) in [5, 5.41) is 0. The Morgan fingerprint density at radius 2 is 2.06 bits per heavy atom. The summed E-state index contributed by atoms with van der Waals surface area (Å²) in [6.45, 7) is 8.20. The molecule has 0 bridgehead atoms. The lowest BCUT2D eigenvalue weighted by Crippen LogP contribution is -2.17. The molecule has 0 aromatic heterocycles. The minimum absolute atomic E-state index is 0.318. The van der Waals surface area contributed by atoms with E-state index in [2.05, 4.69) is 16.7 Å². The fourth-order valence-electron chi connectivity index (χ4n) is 1.25. The molecular formula is C11H23NO3S. The molecule has 0 N–H and O–H groups in total. The minimum atomic E-state index is -0.318. The van der Waals surface area contributed by atoms with Gasteiger partial charge in [0.05, 0.1) is 6.10 Å². The third-order valence-corrected chi connectivity index (χ3v) is 2.45. The van der Waals surface area contributed by atoms with Crippen molar-refractivity contribution in [2.24, 2.45) is 0 Å². The third-order valence-electron chi connectivity index (χ3n) is 1.98. The predicted octanol–water partition coefficient (Wildman–Crippen LogP) is 1.94. The summed E-state index contributed by atoms with van der Waals surface area (Å²) in [4.78, 5) is 11.9. The van der Waals surface area contributed by atoms with Crippen molar-refractivity contribution in [3.05, 3.63) is 0 Å². The van der Waals surface area contributed by atoms with E-state index in [0.717, 1.165) is 6.54 Å². The van der Waals surface area contributed by atoms with Crippen LogP contribution in [0.2, 0.25) is 0 Å². The Hall–Kier alpha value is -0.260. The molecule has 1 unspecified atom stereocenters. The molecule has 0 amide bonds. The Kier molecular flexibility index (Phi) is 7.80. The lowest BCUT2D eigenvalue weighted by Gasteiger charge is -2.14. The maximum Gasteiger partial charge on any atom is 0.293 e. The summed E-state index contributed by atoms with van der Waals surface area (Å²) < 4.78 is 9.90. The summed E-state index contributed by atoms with van der Waals surface area (Å²) in [5.74, 6) is 0. The molecule has 0 spiro atoms. The first-order valence-corrected chi connectivity index (χ1v) is 6.53. The van der Waals surface area contributed by atoms with E-state index in [1.54, 1.807) is 0 Å². The molecule has 0 radical (unpaired) electrons. The summed E-state index contributed by atoms with van der Waals surface area (Å²) in [6, 6.07) is 0. The summed E-state index contributed by atoms with van der Waals surface area (Å²) in [7, 11) is 2.13. The molecule has 4 nitrogen and oxygen atoms in total. The molecule has 1 saturated heterocycles. The molecule has 5 heteroatoms. The van der Waals surface area contributed by atoms with Gasteiger partial charge in [-0.1, -0.05) is 0 Å². The SMILES string of the molecule is CC(C)(C)OC=O.CSOC1CCN(C)C1. The quantitative estimate of drug-likeness (QED) is 0.564. The average molecular weight is 249 g/mol. The van der Waals surface area contributed by atoms with E-state index in [4.69, 9.17) is 4.18 Å². The van der Waals surface area contributed by atoms with Gasteiger partial charge in [-0.25, -0.2) is 0 Å². The second-order valence-corrected chi connectivity index (χ2v) is 5.29. The van der Waals surface area contributed by atoms with Gasteiger partial charge in [0.25, 0.3) is 6.47 Å². The van der Waals surface area contributed by atoms with Gasteiger partial charge in [-0.2, -0.15) is 0 Å². The van der Waals surface area contributed by atoms with Gasteiger partial charge in [0, 0.05) is 19.3 Å². The zero-order valence-corrected chi connectivity index (χ0v) is 11.7. The van der Waals surface area contributed by atoms with Gasteiger partial charge in [0.2, 0.25) is 0 Å². The highest BCUT2D eigenvalue weighted by atomic mass is 32.2. The van der Waals surface area contributed by atoms with Gasteiger partial charge in [-0.15, -0.1) is 0 Å². The Morgan fingerprint density at radius 3 is 2.31 bits per heavy atom. The van der Waals surface area contributed by atoms with Crippen LogP contribution in [-0.4, -0.2) is 49.5 Å². The smallest absolute Gasteiger partial charge is 0.293 e. The predicted molar refractivity (Wildman–Crippen MR) is 67.4 cm³/mol. The van der Waals surface area contributed by atoms with E-state index in [9.17, 15) is 4.79 Å². The number of hydrogen-bond donors (Lipinski definition) is 0. The number of ether oxygens (including phenoxy) is 1. The standard InChI is InChI=1S/C6H13NOS.C5H10O2/c1-7-4-3-6(5-7)8-9-2;1-5(2,3)7-4-6/h6H,3-5H2,1-2H3;4H,1-3H3. The van der Waals surface area contributed by atoms with Gasteiger partial charge in [0.1, 0.15) is 5.60 Å². The van der Waals surface area contributed by atoms with Crippen LogP contribution in [0.25, 0.3) is 0 Å². The molecular weight excluding hydrogens is 226 g/mol. The molecule has 0 aromatic carbocycles. The van der Waals surface area contributed by atoms with Crippen molar-refractivity contribution in [3.8, 4) is 0 Å². The van der Waals surface area contributed by atoms with E-state index >= 15 is 0 Å². The van der Waals surface area contributed by atoms with Crippen molar-refractivity contribution in [1.82, 2.24) is 4.90 Å². The van der Waals surface area contributed by atoms with Gasteiger partial charge < -0.3 is 13.8 Å². The highest BCUT2D eigenvalue weighted by Gasteiger charge is 2.19. The van der Waals surface area contributed by atoms with Crippen LogP contribution in [0.15, 0.2) is 0 Å². The second kappa shape index (κ2) is 7.92. The summed E-state index contributed by atoms with van der Waals surface area (Å²) >= 11 is 1.47. The Morgan fingerprint density at radius 1 is 1.44 bits per heavy atom. The lowest BCUT2D eigenvalue weighted by molar-refractivity contribution is -0.138. The molecule has 0 aliphatic carbocycles. The number of rotatable bonds is 3. The van der Waals surface area contributed by atoms with Crippen LogP contribution < -0.4 is 0 Å². The summed E-state index contributed by atoms with van der Waals surface area (Å²) in [6.07, 6.45) is 3.64. The van der Waals surface area contributed by atoms with Crippen LogP contribution in [0.5, 0.6) is 0 Å². The van der Waals surface area contributed by atoms with Gasteiger partial charge in [-0.3, -0.25) is 4.79 Å². The van der Waals surface area contributed by atoms with Crippen LogP contribution in [0.1, 0.15) is 27.2 Å². The van der Waals surface area contributed by atoms with E-state index in [0.29, 0.717) is 12.6 Å². The number of carbonyl (C=O) groups is 1. The van der Waals surface area contributed by atoms with Crippen molar-refractivity contribution < 1.29 is 13.7 Å². The molecule has 1 atom stereocenters. The Bertz CT molecular complexity index is 192. The van der Waals surface area contributed by atoms with Crippen molar-refractivity contribution in [3.63, 3.8) is 0 Å². The van der Waals surface area contributed by atoms with Crippen LogP contribution in [-0.2, 0) is 13.7 Å². The van der Waals surface area contributed by atoms with Crippen molar-refractivity contribution >= 4 is 18.5 Å². The van der Waals surface area contributed by atoms with Gasteiger partial charge >= 0.3 is 0 Å². The normalized spacial score (nSPS) is 21.2. The van der Waals surface area contributed by atoms with Crippen molar-refractivity contribution in [1.29, 1.82) is 0 Å². The first-order valence-electron chi connectivity index (χ1n) is 5.38. The van der Waals surface area contributed by atoms with E-state index in [-0.39, 0.29) is 5.60 Å². The van der Waals surface area contributed by atoms with Crippen LogP contribution in [0, 0.1) is 0 Å². The molecule has 1 aliphatic heterocycles. The fraction of sp³-hybridized carbons (Fsp3) is 0.909. The molecule has 1 fully saturated rings. The van der Waals surface area contributed by atoms with Crippen molar-refractivity contribution in [2.45, 2.75) is 38.9 Å². The average Bonchev–Trinajstić information content (AvgIpc) is 2.51. The molecule has 1 heterocycles. The molecule has 1 aliphatic rings. The number of hydrogen-bond acceptors (Lipinski definition) is 5. The fourth-order valence-corrected chi connectivity index (χ4v) is 1.68. The molecule has 96 valence electrons. The molecule has 0 saturated carbocycles. The molecule has 16 heavy (non-hydrogen) atoms.